The number of carbonyl (C=O) groups is 1. The molecule has 1 amide bonds. The van der Waals surface area contributed by atoms with Gasteiger partial charge in [-0.1, -0.05) is 18.2 Å². The zero-order chi connectivity index (χ0) is 15.4. The minimum atomic E-state index is -0.524. The van der Waals surface area contributed by atoms with E-state index in [1.54, 1.807) is 12.1 Å². The summed E-state index contributed by atoms with van der Waals surface area (Å²) in [6.45, 7) is 0. The molecule has 2 aromatic carbocycles. The van der Waals surface area contributed by atoms with E-state index in [1.165, 1.54) is 30.3 Å². The molecule has 0 atom stereocenters. The van der Waals surface area contributed by atoms with Crippen molar-refractivity contribution in [1.29, 1.82) is 0 Å². The Balaban J connectivity index is 2.14. The molecule has 0 spiro atoms. The fourth-order valence-electron chi connectivity index (χ4n) is 1.80. The molecular formula is C14H10FIN2O3. The maximum atomic E-state index is 13.0. The maximum absolute atomic E-state index is 13.0. The van der Waals surface area contributed by atoms with Crippen LogP contribution in [0.1, 0.15) is 5.56 Å². The number of benzene rings is 2. The van der Waals surface area contributed by atoms with Crippen LogP contribution in [0.25, 0.3) is 0 Å². The molecular weight excluding hydrogens is 390 g/mol. The number of hydrogen-bond acceptors (Lipinski definition) is 3. The van der Waals surface area contributed by atoms with E-state index in [4.69, 9.17) is 0 Å². The Labute approximate surface area is 133 Å². The molecule has 0 saturated heterocycles. The lowest BCUT2D eigenvalue weighted by Gasteiger charge is -2.08. The Morgan fingerprint density at radius 1 is 1.29 bits per heavy atom. The third kappa shape index (κ3) is 3.97. The van der Waals surface area contributed by atoms with Crippen LogP contribution in [0, 0.1) is 19.5 Å². The zero-order valence-electron chi connectivity index (χ0n) is 10.7. The van der Waals surface area contributed by atoms with Gasteiger partial charge in [0.15, 0.2) is 0 Å². The lowest BCUT2D eigenvalue weighted by molar-refractivity contribution is -0.385. The lowest BCUT2D eigenvalue weighted by Crippen LogP contribution is -2.16. The Kier molecular flexibility index (Phi) is 4.84. The summed E-state index contributed by atoms with van der Waals surface area (Å²) in [6, 6.07) is 10.1. The fraction of sp³-hybridized carbons (Fsp3) is 0.0714. The van der Waals surface area contributed by atoms with E-state index in [2.05, 4.69) is 5.32 Å². The van der Waals surface area contributed by atoms with Crippen molar-refractivity contribution in [3.8, 4) is 0 Å². The number of nitrogens with zero attached hydrogens (tertiary/aromatic N) is 1. The molecule has 0 aliphatic rings. The number of halogens is 2. The highest BCUT2D eigenvalue weighted by Gasteiger charge is 2.16. The SMILES string of the molecule is O=C(Cc1ccccc1[N+](=O)[O-])Nc1ccc(F)cc1I. The average molecular weight is 400 g/mol. The summed E-state index contributed by atoms with van der Waals surface area (Å²) in [5.41, 5.74) is 0.708. The number of nitro benzene ring substituents is 1. The van der Waals surface area contributed by atoms with E-state index >= 15 is 0 Å². The number of para-hydroxylation sites is 1. The molecule has 108 valence electrons. The Bertz CT molecular complexity index is 706. The van der Waals surface area contributed by atoms with Crippen molar-refractivity contribution in [1.82, 2.24) is 0 Å². The van der Waals surface area contributed by atoms with Crippen molar-refractivity contribution in [3.63, 3.8) is 0 Å². The third-order valence-corrected chi connectivity index (χ3v) is 3.64. The first-order valence-corrected chi connectivity index (χ1v) is 7.02. The first-order valence-electron chi connectivity index (χ1n) is 5.94. The molecule has 0 saturated carbocycles. The van der Waals surface area contributed by atoms with E-state index in [0.717, 1.165) is 0 Å². The topological polar surface area (TPSA) is 72.2 Å². The average Bonchev–Trinajstić information content (AvgIpc) is 2.42. The molecule has 0 aromatic heterocycles. The number of carbonyl (C=O) groups excluding carboxylic acids is 1. The quantitative estimate of drug-likeness (QED) is 0.485. The molecule has 0 bridgehead atoms. The van der Waals surface area contributed by atoms with Crippen LogP contribution in [0.2, 0.25) is 0 Å². The number of amides is 1. The molecule has 5 nitrogen and oxygen atoms in total. The van der Waals surface area contributed by atoms with Gasteiger partial charge in [0, 0.05) is 15.2 Å². The van der Waals surface area contributed by atoms with Gasteiger partial charge >= 0.3 is 0 Å². The second-order valence-corrected chi connectivity index (χ2v) is 5.40. The van der Waals surface area contributed by atoms with Crippen LogP contribution in [0.3, 0.4) is 0 Å². The van der Waals surface area contributed by atoms with Gasteiger partial charge in [-0.15, -0.1) is 0 Å². The molecule has 0 heterocycles. The molecule has 21 heavy (non-hydrogen) atoms. The Morgan fingerprint density at radius 3 is 2.67 bits per heavy atom. The predicted molar refractivity (Wildman–Crippen MR) is 84.5 cm³/mol. The summed E-state index contributed by atoms with van der Waals surface area (Å²) in [7, 11) is 0. The minimum Gasteiger partial charge on any atom is -0.325 e. The molecule has 0 radical (unpaired) electrons. The van der Waals surface area contributed by atoms with Crippen molar-refractivity contribution in [2.75, 3.05) is 5.32 Å². The van der Waals surface area contributed by atoms with E-state index in [1.807, 2.05) is 22.6 Å². The van der Waals surface area contributed by atoms with Gasteiger partial charge in [-0.2, -0.15) is 0 Å². The zero-order valence-corrected chi connectivity index (χ0v) is 12.8. The molecule has 7 heteroatoms. The number of nitro groups is 1. The molecule has 0 aliphatic heterocycles. The van der Waals surface area contributed by atoms with Gasteiger partial charge in [-0.3, -0.25) is 14.9 Å². The van der Waals surface area contributed by atoms with Gasteiger partial charge in [0.05, 0.1) is 17.0 Å². The normalized spacial score (nSPS) is 10.2. The number of rotatable bonds is 4. The minimum absolute atomic E-state index is 0.0959. The summed E-state index contributed by atoms with van der Waals surface area (Å²) in [4.78, 5) is 22.3. The van der Waals surface area contributed by atoms with Crippen LogP contribution in [-0.2, 0) is 11.2 Å². The van der Waals surface area contributed by atoms with Crippen LogP contribution in [-0.4, -0.2) is 10.8 Å². The van der Waals surface area contributed by atoms with Gasteiger partial charge in [0.2, 0.25) is 5.91 Å². The summed E-state index contributed by atoms with van der Waals surface area (Å²) < 4.78 is 13.5. The largest absolute Gasteiger partial charge is 0.325 e. The van der Waals surface area contributed by atoms with E-state index in [9.17, 15) is 19.3 Å². The van der Waals surface area contributed by atoms with Crippen LogP contribution in [0.15, 0.2) is 42.5 Å². The fourth-order valence-corrected chi connectivity index (χ4v) is 2.41. The summed E-state index contributed by atoms with van der Waals surface area (Å²) >= 11 is 1.90. The number of anilines is 1. The van der Waals surface area contributed by atoms with Crippen molar-refractivity contribution in [3.05, 3.63) is 67.5 Å². The molecule has 0 aliphatic carbocycles. The molecule has 2 rings (SSSR count). The lowest BCUT2D eigenvalue weighted by atomic mass is 10.1. The van der Waals surface area contributed by atoms with Crippen LogP contribution in [0.5, 0.6) is 0 Å². The van der Waals surface area contributed by atoms with E-state index < -0.39 is 16.6 Å². The summed E-state index contributed by atoms with van der Waals surface area (Å²) in [6.07, 6.45) is -0.120. The predicted octanol–water partition coefficient (Wildman–Crippen LogP) is 3.52. The molecule has 2 aromatic rings. The highest BCUT2D eigenvalue weighted by Crippen LogP contribution is 2.21. The van der Waals surface area contributed by atoms with Gasteiger partial charge in [0.1, 0.15) is 5.82 Å². The van der Waals surface area contributed by atoms with Crippen molar-refractivity contribution in [2.24, 2.45) is 0 Å². The van der Waals surface area contributed by atoms with E-state index in [-0.39, 0.29) is 12.1 Å². The van der Waals surface area contributed by atoms with Crippen LogP contribution in [0.4, 0.5) is 15.8 Å². The number of hydrogen-bond donors (Lipinski definition) is 1. The van der Waals surface area contributed by atoms with Gasteiger partial charge in [-0.05, 0) is 40.8 Å². The standard InChI is InChI=1S/C14H10FIN2O3/c15-10-5-6-12(11(16)8-10)17-14(19)7-9-3-1-2-4-13(9)18(20)21/h1-6,8H,7H2,(H,17,19). The Morgan fingerprint density at radius 2 is 2.00 bits per heavy atom. The summed E-state index contributed by atoms with van der Waals surface area (Å²) in [5, 5.41) is 13.5. The molecule has 0 fully saturated rings. The molecule has 0 unspecified atom stereocenters. The van der Waals surface area contributed by atoms with Crippen molar-refractivity contribution in [2.45, 2.75) is 6.42 Å². The smallest absolute Gasteiger partial charge is 0.273 e. The first kappa shape index (κ1) is 15.4. The van der Waals surface area contributed by atoms with Crippen LogP contribution < -0.4 is 5.32 Å². The van der Waals surface area contributed by atoms with Gasteiger partial charge in [0.25, 0.3) is 5.69 Å². The van der Waals surface area contributed by atoms with Crippen molar-refractivity contribution >= 4 is 39.9 Å². The molecule has 1 N–H and O–H groups in total. The maximum Gasteiger partial charge on any atom is 0.273 e. The van der Waals surface area contributed by atoms with Gasteiger partial charge in [-0.25, -0.2) is 4.39 Å². The monoisotopic (exact) mass is 400 g/mol. The second kappa shape index (κ2) is 6.61. The highest BCUT2D eigenvalue weighted by molar-refractivity contribution is 14.1. The first-order chi connectivity index (χ1) is 9.97. The Hall–Kier alpha value is -2.03. The van der Waals surface area contributed by atoms with E-state index in [0.29, 0.717) is 14.8 Å². The third-order valence-electron chi connectivity index (χ3n) is 2.74. The summed E-state index contributed by atoms with van der Waals surface area (Å²) in [5.74, 6) is -0.787. The van der Waals surface area contributed by atoms with Crippen molar-refractivity contribution < 1.29 is 14.1 Å². The highest BCUT2D eigenvalue weighted by atomic mass is 127. The van der Waals surface area contributed by atoms with Crippen LogP contribution >= 0.6 is 22.6 Å². The number of nitrogens with one attached hydrogen (secondary N) is 1. The van der Waals surface area contributed by atoms with Gasteiger partial charge < -0.3 is 5.32 Å². The second-order valence-electron chi connectivity index (χ2n) is 4.23.